The summed E-state index contributed by atoms with van der Waals surface area (Å²) in [6.45, 7) is 7.58. The van der Waals surface area contributed by atoms with Crippen LogP contribution in [0.1, 0.15) is 23.9 Å². The van der Waals surface area contributed by atoms with Crippen LogP contribution in [0, 0.1) is 20.8 Å². The first-order valence-electron chi connectivity index (χ1n) is 11.8. The second-order valence-electron chi connectivity index (χ2n) is 8.71. The lowest BCUT2D eigenvalue weighted by atomic mass is 10.1. The molecule has 0 aliphatic rings. The van der Waals surface area contributed by atoms with Gasteiger partial charge in [-0.15, -0.1) is 0 Å². The van der Waals surface area contributed by atoms with Crippen molar-refractivity contribution in [2.24, 2.45) is 0 Å². The molecule has 4 aromatic heterocycles. The number of hydrogen-bond donors (Lipinski definition) is 1. The van der Waals surface area contributed by atoms with Gasteiger partial charge >= 0.3 is 6.09 Å². The van der Waals surface area contributed by atoms with Crippen molar-refractivity contribution < 1.29 is 19.0 Å². The van der Waals surface area contributed by atoms with Crippen LogP contribution in [0.5, 0.6) is 11.8 Å². The number of aromatic nitrogens is 6. The van der Waals surface area contributed by atoms with Gasteiger partial charge in [-0.3, -0.25) is 5.32 Å². The van der Waals surface area contributed by atoms with Crippen LogP contribution >= 0.6 is 11.3 Å². The average Bonchev–Trinajstić information content (AvgIpc) is 3.32. The number of nitrogens with one attached hydrogen (secondary N) is 1. The molecule has 0 radical (unpaired) electrons. The molecule has 38 heavy (non-hydrogen) atoms. The molecule has 0 fully saturated rings. The Labute approximate surface area is 222 Å². The molecule has 194 valence electrons. The molecule has 0 aliphatic carbocycles. The summed E-state index contributed by atoms with van der Waals surface area (Å²) in [5.41, 5.74) is 5.55. The number of rotatable bonds is 7. The summed E-state index contributed by atoms with van der Waals surface area (Å²) in [7, 11) is 1.57. The molecular formula is C26H25N7O4S. The van der Waals surface area contributed by atoms with Crippen molar-refractivity contribution in [1.82, 2.24) is 29.9 Å². The minimum Gasteiger partial charge on any atom is -0.480 e. The first kappa shape index (κ1) is 25.2. The maximum Gasteiger partial charge on any atom is 0.412 e. The number of aryl methyl sites for hydroxylation is 3. The highest BCUT2D eigenvalue weighted by Crippen LogP contribution is 2.36. The van der Waals surface area contributed by atoms with Crippen molar-refractivity contribution >= 4 is 44.5 Å². The lowest BCUT2D eigenvalue weighted by molar-refractivity contribution is 0.0842. The van der Waals surface area contributed by atoms with Crippen LogP contribution in [-0.4, -0.2) is 55.8 Å². The van der Waals surface area contributed by atoms with Gasteiger partial charge in [-0.05, 0) is 51.0 Å². The van der Waals surface area contributed by atoms with Crippen molar-refractivity contribution in [3.63, 3.8) is 0 Å². The smallest absolute Gasteiger partial charge is 0.412 e. The van der Waals surface area contributed by atoms with Gasteiger partial charge in [-0.25, -0.2) is 34.7 Å². The molecule has 4 heterocycles. The van der Waals surface area contributed by atoms with Crippen LogP contribution in [0.25, 0.3) is 32.0 Å². The van der Waals surface area contributed by atoms with Crippen molar-refractivity contribution in [2.75, 3.05) is 19.0 Å². The Kier molecular flexibility index (Phi) is 6.97. The molecular weight excluding hydrogens is 506 g/mol. The summed E-state index contributed by atoms with van der Waals surface area (Å²) in [4.78, 5) is 39.5. The minimum atomic E-state index is -0.619. The number of pyridine rings is 1. The number of amides is 1. The molecule has 0 saturated carbocycles. The van der Waals surface area contributed by atoms with E-state index in [0.717, 1.165) is 43.1 Å². The number of carbonyl (C=O) groups is 1. The molecule has 0 aliphatic heterocycles. The van der Waals surface area contributed by atoms with Crippen molar-refractivity contribution in [2.45, 2.75) is 33.8 Å². The van der Waals surface area contributed by atoms with Crippen molar-refractivity contribution in [3.8, 4) is 22.3 Å². The van der Waals surface area contributed by atoms with E-state index in [0.29, 0.717) is 23.3 Å². The lowest BCUT2D eigenvalue weighted by Gasteiger charge is -2.14. The number of benzene rings is 1. The zero-order valence-corrected chi connectivity index (χ0v) is 22.3. The van der Waals surface area contributed by atoms with Crippen LogP contribution in [0.4, 0.5) is 10.5 Å². The fourth-order valence-electron chi connectivity index (χ4n) is 3.75. The standard InChI is InChI=1S/C26H25N7O4S/c1-13-6-18(23-19(7-13)31-21(35-5)11-29-23)24-33-22-14(2)8-20(32-25(22)38-24)36-12-15(3)37-26(34)30-17-9-27-16(4)28-10-17/h6-11,15H,12H2,1-5H3,(H,30,34)/t15-/m1/s1. The number of nitrogens with zero attached hydrogens (tertiary/aromatic N) is 6. The number of thiazole rings is 1. The summed E-state index contributed by atoms with van der Waals surface area (Å²) < 4.78 is 16.4. The van der Waals surface area contributed by atoms with Crippen LogP contribution in [0.2, 0.25) is 0 Å². The van der Waals surface area contributed by atoms with E-state index in [1.165, 1.54) is 23.7 Å². The fraction of sp³-hybridized carbons (Fsp3) is 0.269. The van der Waals surface area contributed by atoms with Crippen LogP contribution in [0.15, 0.2) is 36.8 Å². The highest BCUT2D eigenvalue weighted by Gasteiger charge is 2.17. The molecule has 11 nitrogen and oxygen atoms in total. The Balaban J connectivity index is 1.31. The maximum atomic E-state index is 12.2. The molecule has 1 N–H and O–H groups in total. The van der Waals surface area contributed by atoms with Crippen molar-refractivity contribution in [3.05, 3.63) is 53.7 Å². The second-order valence-corrected chi connectivity index (χ2v) is 9.69. The molecule has 0 saturated heterocycles. The van der Waals surface area contributed by atoms with E-state index in [9.17, 15) is 4.79 Å². The van der Waals surface area contributed by atoms with E-state index in [2.05, 4.69) is 30.2 Å². The van der Waals surface area contributed by atoms with Gasteiger partial charge in [0.05, 0.1) is 42.4 Å². The number of anilines is 1. The van der Waals surface area contributed by atoms with E-state index in [4.69, 9.17) is 19.2 Å². The number of carbonyl (C=O) groups excluding carboxylic acids is 1. The third-order valence-electron chi connectivity index (χ3n) is 5.54. The molecule has 1 amide bonds. The number of fused-ring (bicyclic) bond motifs is 2. The van der Waals surface area contributed by atoms with Gasteiger partial charge in [0.2, 0.25) is 11.8 Å². The number of ether oxygens (including phenoxy) is 3. The summed E-state index contributed by atoms with van der Waals surface area (Å²) >= 11 is 1.45. The Morgan fingerprint density at radius 3 is 2.53 bits per heavy atom. The second kappa shape index (κ2) is 10.5. The van der Waals surface area contributed by atoms with Crippen LogP contribution in [0.3, 0.4) is 0 Å². The quantitative estimate of drug-likeness (QED) is 0.304. The molecule has 0 unspecified atom stereocenters. The van der Waals surface area contributed by atoms with Gasteiger partial charge in [-0.1, -0.05) is 11.3 Å². The topological polar surface area (TPSA) is 134 Å². The SMILES string of the molecule is COc1cnc2c(-c3nc4c(C)cc(OC[C@@H](C)OC(=O)Nc5cnc(C)nc5)nc4s3)cc(C)cc2n1. The molecule has 12 heteroatoms. The first-order valence-corrected chi connectivity index (χ1v) is 12.6. The van der Waals surface area contributed by atoms with Gasteiger partial charge < -0.3 is 14.2 Å². The zero-order chi connectivity index (χ0) is 26.8. The van der Waals surface area contributed by atoms with E-state index in [1.54, 1.807) is 27.2 Å². The summed E-state index contributed by atoms with van der Waals surface area (Å²) in [6, 6.07) is 5.83. The summed E-state index contributed by atoms with van der Waals surface area (Å²) in [5.74, 6) is 1.49. The minimum absolute atomic E-state index is 0.126. The highest BCUT2D eigenvalue weighted by atomic mass is 32.1. The number of methoxy groups -OCH3 is 1. The lowest BCUT2D eigenvalue weighted by Crippen LogP contribution is -2.25. The molecule has 0 spiro atoms. The molecule has 1 aromatic carbocycles. The highest BCUT2D eigenvalue weighted by molar-refractivity contribution is 7.21. The summed E-state index contributed by atoms with van der Waals surface area (Å²) in [6.07, 6.45) is 3.48. The van der Waals surface area contributed by atoms with E-state index in [1.807, 2.05) is 32.0 Å². The third kappa shape index (κ3) is 5.44. The van der Waals surface area contributed by atoms with Gasteiger partial charge in [0.1, 0.15) is 33.9 Å². The third-order valence-corrected chi connectivity index (χ3v) is 6.53. The Morgan fingerprint density at radius 2 is 1.76 bits per heavy atom. The van der Waals surface area contributed by atoms with Crippen molar-refractivity contribution in [1.29, 1.82) is 0 Å². The molecule has 5 rings (SSSR count). The van der Waals surface area contributed by atoms with Gasteiger partial charge in [-0.2, -0.15) is 0 Å². The fourth-order valence-corrected chi connectivity index (χ4v) is 4.78. The van der Waals surface area contributed by atoms with E-state index < -0.39 is 12.2 Å². The predicted molar refractivity (Wildman–Crippen MR) is 144 cm³/mol. The molecule has 5 aromatic rings. The van der Waals surface area contributed by atoms with Gasteiger partial charge in [0, 0.05) is 11.6 Å². The normalized spacial score (nSPS) is 11.9. The summed E-state index contributed by atoms with van der Waals surface area (Å²) in [5, 5.41) is 3.38. The maximum absolute atomic E-state index is 12.2. The van der Waals surface area contributed by atoms with Crippen LogP contribution < -0.4 is 14.8 Å². The monoisotopic (exact) mass is 531 g/mol. The predicted octanol–water partition coefficient (Wildman–Crippen LogP) is 5.04. The Morgan fingerprint density at radius 1 is 0.974 bits per heavy atom. The zero-order valence-electron chi connectivity index (χ0n) is 21.5. The van der Waals surface area contributed by atoms with E-state index >= 15 is 0 Å². The molecule has 1 atom stereocenters. The Bertz CT molecular complexity index is 1640. The number of hydrogen-bond acceptors (Lipinski definition) is 11. The molecule has 0 bridgehead atoms. The van der Waals surface area contributed by atoms with Gasteiger partial charge in [0.15, 0.2) is 0 Å². The largest absolute Gasteiger partial charge is 0.480 e. The average molecular weight is 532 g/mol. The van der Waals surface area contributed by atoms with E-state index in [-0.39, 0.29) is 6.61 Å². The first-order chi connectivity index (χ1) is 18.3. The van der Waals surface area contributed by atoms with Gasteiger partial charge in [0.25, 0.3) is 0 Å². The van der Waals surface area contributed by atoms with Crippen LogP contribution in [-0.2, 0) is 4.74 Å². The Hall–Kier alpha value is -4.45.